The molecule has 1 saturated carbocycles. The molecule has 1 aliphatic rings. The van der Waals surface area contributed by atoms with Crippen molar-refractivity contribution in [2.24, 2.45) is 5.92 Å². The van der Waals surface area contributed by atoms with E-state index in [4.69, 9.17) is 14.4 Å². The van der Waals surface area contributed by atoms with Crippen molar-refractivity contribution < 1.29 is 24.5 Å². The third kappa shape index (κ3) is 9.22. The molecule has 4 nitrogen and oxygen atoms in total. The van der Waals surface area contributed by atoms with Gasteiger partial charge in [-0.05, 0) is 71.1 Å². The van der Waals surface area contributed by atoms with Gasteiger partial charge in [0, 0.05) is 42.9 Å². The average molecular weight is 1040 g/mol. The molecule has 0 atom stereocenters. The maximum atomic E-state index is 6.46. The summed E-state index contributed by atoms with van der Waals surface area (Å²) in [6.07, 6.45) is 10.5. The zero-order valence-electron chi connectivity index (χ0n) is 37.6. The summed E-state index contributed by atoms with van der Waals surface area (Å²) in [5.41, 5.74) is 15.1. The first-order valence-electron chi connectivity index (χ1n) is 22.8. The van der Waals surface area contributed by atoms with E-state index in [-0.39, 0.29) is 20.1 Å². The van der Waals surface area contributed by atoms with Crippen LogP contribution < -0.4 is 5.19 Å². The van der Waals surface area contributed by atoms with Gasteiger partial charge in [-0.1, -0.05) is 177 Å². The molecule has 0 bridgehead atoms. The van der Waals surface area contributed by atoms with Crippen LogP contribution in [0.15, 0.2) is 174 Å². The topological polar surface area (TPSA) is 43.9 Å². The predicted octanol–water partition coefficient (Wildman–Crippen LogP) is 15.2. The molecule has 65 heavy (non-hydrogen) atoms. The van der Waals surface area contributed by atoms with Crippen LogP contribution in [-0.4, -0.2) is 22.6 Å². The van der Waals surface area contributed by atoms with Crippen LogP contribution in [0.3, 0.4) is 0 Å². The van der Waals surface area contributed by atoms with E-state index in [0.717, 1.165) is 83.9 Å². The van der Waals surface area contributed by atoms with Gasteiger partial charge in [0.25, 0.3) is 0 Å². The van der Waals surface area contributed by atoms with Gasteiger partial charge in [0.05, 0.1) is 30.5 Å². The fourth-order valence-corrected chi connectivity index (χ4v) is 11.1. The van der Waals surface area contributed by atoms with Crippen LogP contribution in [0.2, 0.25) is 19.6 Å². The van der Waals surface area contributed by atoms with Gasteiger partial charge >= 0.3 is 0 Å². The second kappa shape index (κ2) is 19.1. The number of benzene rings is 7. The van der Waals surface area contributed by atoms with Crippen molar-refractivity contribution in [1.82, 2.24) is 14.5 Å². The number of aromatic nitrogens is 3. The maximum absolute atomic E-state index is 6.46. The fraction of sp³-hybridized carbons (Fsp3) is 0.186. The molecule has 6 heteroatoms. The third-order valence-electron chi connectivity index (χ3n) is 12.8. The first-order valence-corrected chi connectivity index (χ1v) is 26.3. The Morgan fingerprint density at radius 2 is 1.42 bits per heavy atom. The molecular weight excluding hydrogens is 987 g/mol. The Balaban J connectivity index is 0.000000189. The molecular formula is C59H53IrN3OSi-2. The second-order valence-corrected chi connectivity index (χ2v) is 23.4. The van der Waals surface area contributed by atoms with E-state index in [1.807, 2.05) is 42.5 Å². The van der Waals surface area contributed by atoms with Crippen LogP contribution in [-0.2, 0) is 26.5 Å². The van der Waals surface area contributed by atoms with Crippen molar-refractivity contribution in [3.05, 3.63) is 193 Å². The van der Waals surface area contributed by atoms with Gasteiger partial charge in [0.1, 0.15) is 5.58 Å². The molecule has 10 aromatic rings. The Hall–Kier alpha value is -6.17. The number of rotatable bonds is 8. The number of fused-ring (bicyclic) bond motifs is 4. The zero-order chi connectivity index (χ0) is 43.6. The minimum atomic E-state index is -1.36. The molecule has 325 valence electrons. The van der Waals surface area contributed by atoms with Crippen LogP contribution in [0.1, 0.15) is 43.2 Å². The van der Waals surface area contributed by atoms with Gasteiger partial charge in [-0.2, -0.15) is 0 Å². The summed E-state index contributed by atoms with van der Waals surface area (Å²) in [6.45, 7) is 9.42. The molecule has 3 aromatic heterocycles. The summed E-state index contributed by atoms with van der Waals surface area (Å²) in [5.74, 6) is 1.67. The van der Waals surface area contributed by atoms with Gasteiger partial charge in [-0.3, -0.25) is 4.98 Å². The van der Waals surface area contributed by atoms with Crippen molar-refractivity contribution in [3.8, 4) is 50.6 Å². The minimum absolute atomic E-state index is 0. The third-order valence-corrected chi connectivity index (χ3v) is 14.9. The van der Waals surface area contributed by atoms with Crippen LogP contribution in [0, 0.1) is 25.0 Å². The maximum Gasteiger partial charge on any atom is 0.120 e. The predicted molar refractivity (Wildman–Crippen MR) is 270 cm³/mol. The number of nitrogens with zero attached hydrogens (tertiary/aromatic N) is 3. The Morgan fingerprint density at radius 3 is 2.20 bits per heavy atom. The Bertz CT molecular complexity index is 3210. The first kappa shape index (κ1) is 44.0. The van der Waals surface area contributed by atoms with Crippen LogP contribution in [0.4, 0.5) is 0 Å². The molecule has 1 aliphatic carbocycles. The minimum Gasteiger partial charge on any atom is -0.501 e. The van der Waals surface area contributed by atoms with Gasteiger partial charge in [-0.25, -0.2) is 0 Å². The number of imidazole rings is 1. The molecule has 0 N–H and O–H groups in total. The van der Waals surface area contributed by atoms with Gasteiger partial charge in [-0.15, -0.1) is 54.1 Å². The second-order valence-electron chi connectivity index (χ2n) is 18.4. The van der Waals surface area contributed by atoms with Crippen molar-refractivity contribution in [1.29, 1.82) is 0 Å². The molecule has 1 fully saturated rings. The molecule has 1 radical (unpaired) electrons. The normalized spacial score (nSPS) is 13.1. The number of pyridine rings is 1. The average Bonchev–Trinajstić information content (AvgIpc) is 3.92. The van der Waals surface area contributed by atoms with Crippen LogP contribution in [0.5, 0.6) is 0 Å². The monoisotopic (exact) mass is 1040 g/mol. The molecule has 0 unspecified atom stereocenters. The van der Waals surface area contributed by atoms with E-state index in [1.54, 1.807) is 10.8 Å². The van der Waals surface area contributed by atoms with Crippen molar-refractivity contribution in [3.63, 3.8) is 0 Å². The fourth-order valence-electron chi connectivity index (χ4n) is 9.54. The van der Waals surface area contributed by atoms with E-state index >= 15 is 0 Å². The molecule has 7 aromatic carbocycles. The number of para-hydroxylation sites is 3. The van der Waals surface area contributed by atoms with E-state index < -0.39 is 8.07 Å². The Kier molecular flexibility index (Phi) is 13.0. The Labute approximate surface area is 397 Å². The summed E-state index contributed by atoms with van der Waals surface area (Å²) >= 11 is 0. The van der Waals surface area contributed by atoms with Crippen molar-refractivity contribution in [2.75, 3.05) is 0 Å². The first-order chi connectivity index (χ1) is 31.3. The zero-order valence-corrected chi connectivity index (χ0v) is 41.0. The largest absolute Gasteiger partial charge is 0.501 e. The summed E-state index contributed by atoms with van der Waals surface area (Å²) in [4.78, 5) is 9.98. The molecule has 3 heterocycles. The summed E-state index contributed by atoms with van der Waals surface area (Å²) < 4.78 is 8.73. The van der Waals surface area contributed by atoms with E-state index in [0.29, 0.717) is 0 Å². The molecule has 0 amide bonds. The number of hydrogen-bond acceptors (Lipinski definition) is 3. The molecule has 0 spiro atoms. The van der Waals surface area contributed by atoms with Crippen molar-refractivity contribution >= 4 is 46.2 Å². The quantitative estimate of drug-likeness (QED) is 0.113. The summed E-state index contributed by atoms with van der Waals surface area (Å²) in [5, 5.41) is 3.69. The van der Waals surface area contributed by atoms with E-state index in [2.05, 4.69) is 171 Å². The SMILES string of the molecule is C[Si](C)(C)c1cnc(-c2[c-]cccc2)cc1CC1CCCCC1.Cc1ccc(-c2ccc(-c3ccccc3)cc2-n2c(-c3[c-]ccc4c3oc3ccccc34)nc3ccccc32)cc1.[Ir]. The number of aryl methyl sites for hydroxylation is 1. The Morgan fingerprint density at radius 1 is 0.677 bits per heavy atom. The molecule has 11 rings (SSSR count). The number of furan rings is 1. The van der Waals surface area contributed by atoms with Crippen molar-refractivity contribution in [2.45, 2.75) is 65.1 Å². The number of hydrogen-bond donors (Lipinski definition) is 0. The smallest absolute Gasteiger partial charge is 0.120 e. The van der Waals surface area contributed by atoms with Gasteiger partial charge < -0.3 is 14.0 Å². The molecule has 0 saturated heterocycles. The summed E-state index contributed by atoms with van der Waals surface area (Å²) in [6, 6.07) is 63.9. The van der Waals surface area contributed by atoms with E-state index in [1.165, 1.54) is 49.7 Å². The van der Waals surface area contributed by atoms with Crippen LogP contribution >= 0.6 is 0 Å². The molecule has 0 aliphatic heterocycles. The van der Waals surface area contributed by atoms with E-state index in [9.17, 15) is 0 Å². The van der Waals surface area contributed by atoms with Gasteiger partial charge in [0.15, 0.2) is 0 Å². The standard InChI is InChI=1S/C38H25N2O.C21H28NSi.Ir/c1-25-18-20-27(21-19-25)29-23-22-28(26-10-3-2-4-11-26)24-35(29)40-34-16-7-6-15-33(34)39-38(40)32-14-9-13-31-30-12-5-8-17-36(30)41-37(31)32;1-23(2,3)21-16-22-20(18-12-8-5-9-13-18)15-19(21)14-17-10-6-4-7-11-17;/h2-13,15-24H,1H3;5,8-9,12,15-17H,4,6-7,10-11,14H2,1-3H3;/q2*-1;. The van der Waals surface area contributed by atoms with Gasteiger partial charge in [0.2, 0.25) is 0 Å². The summed E-state index contributed by atoms with van der Waals surface area (Å²) in [7, 11) is -1.36. The van der Waals surface area contributed by atoms with Crippen LogP contribution in [0.25, 0.3) is 83.6 Å².